The molecule has 3 nitrogen and oxygen atoms in total. The fourth-order valence-corrected chi connectivity index (χ4v) is 2.24. The van der Waals surface area contributed by atoms with Crippen LogP contribution in [0.25, 0.3) is 11.3 Å². The highest BCUT2D eigenvalue weighted by Crippen LogP contribution is 2.25. The summed E-state index contributed by atoms with van der Waals surface area (Å²) >= 11 is 0. The molecule has 2 heterocycles. The molecule has 0 spiro atoms. The Hall–Kier alpha value is -2.68. The fraction of sp³-hybridized carbons (Fsp3) is 0.0588. The summed E-state index contributed by atoms with van der Waals surface area (Å²) in [5, 5.41) is 0. The van der Waals surface area contributed by atoms with Crippen molar-refractivity contribution < 1.29 is 4.79 Å². The largest absolute Gasteiger partial charge is 0.334 e. The van der Waals surface area contributed by atoms with Crippen molar-refractivity contribution in [2.24, 2.45) is 0 Å². The molecule has 1 aliphatic rings. The minimum Gasteiger partial charge on any atom is -0.334 e. The van der Waals surface area contributed by atoms with E-state index in [1.807, 2.05) is 71.8 Å². The van der Waals surface area contributed by atoms with Crippen LogP contribution in [0, 0.1) is 0 Å². The average Bonchev–Trinajstić information content (AvgIpc) is 2.56. The van der Waals surface area contributed by atoms with Gasteiger partial charge < -0.3 is 9.69 Å². The van der Waals surface area contributed by atoms with E-state index in [1.165, 1.54) is 0 Å². The van der Waals surface area contributed by atoms with E-state index in [0.29, 0.717) is 0 Å². The van der Waals surface area contributed by atoms with E-state index in [9.17, 15) is 4.79 Å². The molecule has 0 saturated carbocycles. The Balaban J connectivity index is 1.98. The molecule has 0 fully saturated rings. The number of nitrogens with zero attached hydrogens (tertiary/aromatic N) is 2. The van der Waals surface area contributed by atoms with Crippen LogP contribution in [0.3, 0.4) is 0 Å². The number of hydrogen-bond acceptors (Lipinski definition) is 3. The molecule has 98 valence electrons. The van der Waals surface area contributed by atoms with Crippen LogP contribution < -0.4 is 4.90 Å². The molecular weight excluding hydrogens is 248 g/mol. The lowest BCUT2D eigenvalue weighted by Gasteiger charge is -2.26. The lowest BCUT2D eigenvalue weighted by molar-refractivity contribution is -0.108. The second kappa shape index (κ2) is 5.53. The van der Waals surface area contributed by atoms with Crippen LogP contribution >= 0.6 is 0 Å². The van der Waals surface area contributed by atoms with E-state index in [4.69, 9.17) is 0 Å². The van der Waals surface area contributed by atoms with Gasteiger partial charge in [0.2, 0.25) is 0 Å². The number of hydrogen-bond donors (Lipinski definition) is 0. The fourth-order valence-electron chi connectivity index (χ4n) is 2.24. The topological polar surface area (TPSA) is 33.2 Å². The predicted molar refractivity (Wildman–Crippen MR) is 80.3 cm³/mol. The van der Waals surface area contributed by atoms with E-state index in [0.717, 1.165) is 23.2 Å². The van der Waals surface area contributed by atoms with Gasteiger partial charge in [-0.05, 0) is 30.3 Å². The lowest BCUT2D eigenvalue weighted by Crippen LogP contribution is -2.31. The lowest BCUT2D eigenvalue weighted by atomic mass is 10.1. The molecule has 3 rings (SSSR count). The van der Waals surface area contributed by atoms with E-state index < -0.39 is 0 Å². The van der Waals surface area contributed by atoms with Crippen LogP contribution in [-0.2, 0) is 4.79 Å². The van der Waals surface area contributed by atoms with E-state index in [2.05, 4.69) is 4.98 Å². The molecule has 0 saturated heterocycles. The van der Waals surface area contributed by atoms with Gasteiger partial charge in [0.05, 0.1) is 5.69 Å². The Labute approximate surface area is 117 Å². The molecule has 0 aliphatic carbocycles. The van der Waals surface area contributed by atoms with Crippen molar-refractivity contribution in [3.63, 3.8) is 0 Å². The standard InChI is InChI=1S/C17H14N2O/c20-13-16-7-2-4-11-19(16)15-8-5-6-14(12-15)17-9-1-3-10-18-17/h1-13,16H. The third-order valence-corrected chi connectivity index (χ3v) is 3.23. The monoisotopic (exact) mass is 262 g/mol. The third-order valence-electron chi connectivity index (χ3n) is 3.23. The van der Waals surface area contributed by atoms with Crippen molar-refractivity contribution in [3.05, 3.63) is 73.1 Å². The number of aromatic nitrogens is 1. The molecule has 0 radical (unpaired) electrons. The van der Waals surface area contributed by atoms with Gasteiger partial charge in [0.15, 0.2) is 0 Å². The Bertz CT molecular complexity index is 662. The highest BCUT2D eigenvalue weighted by atomic mass is 16.1. The number of rotatable bonds is 3. The van der Waals surface area contributed by atoms with Gasteiger partial charge in [0, 0.05) is 23.6 Å². The summed E-state index contributed by atoms with van der Waals surface area (Å²) in [4.78, 5) is 17.5. The van der Waals surface area contributed by atoms with Crippen LogP contribution in [0.1, 0.15) is 0 Å². The van der Waals surface area contributed by atoms with Crippen LogP contribution in [0.2, 0.25) is 0 Å². The molecule has 2 aromatic rings. The summed E-state index contributed by atoms with van der Waals surface area (Å²) in [6.45, 7) is 0. The number of pyridine rings is 1. The summed E-state index contributed by atoms with van der Waals surface area (Å²) in [5.41, 5.74) is 2.94. The maximum absolute atomic E-state index is 11.2. The highest BCUT2D eigenvalue weighted by Gasteiger charge is 2.15. The summed E-state index contributed by atoms with van der Waals surface area (Å²) in [7, 11) is 0. The summed E-state index contributed by atoms with van der Waals surface area (Å²) in [6, 6.07) is 13.6. The zero-order chi connectivity index (χ0) is 13.8. The molecular formula is C17H14N2O. The molecule has 1 atom stereocenters. The predicted octanol–water partition coefficient (Wildman–Crippen LogP) is 3.21. The normalized spacial score (nSPS) is 17.2. The van der Waals surface area contributed by atoms with Crippen molar-refractivity contribution in [2.45, 2.75) is 6.04 Å². The van der Waals surface area contributed by atoms with E-state index >= 15 is 0 Å². The van der Waals surface area contributed by atoms with Gasteiger partial charge in [-0.2, -0.15) is 0 Å². The number of anilines is 1. The van der Waals surface area contributed by atoms with E-state index in [-0.39, 0.29) is 6.04 Å². The van der Waals surface area contributed by atoms with Crippen molar-refractivity contribution in [1.82, 2.24) is 4.98 Å². The maximum Gasteiger partial charge on any atom is 0.146 e. The molecule has 1 aromatic carbocycles. The van der Waals surface area contributed by atoms with Crippen LogP contribution in [-0.4, -0.2) is 17.3 Å². The summed E-state index contributed by atoms with van der Waals surface area (Å²) in [5.74, 6) is 0. The highest BCUT2D eigenvalue weighted by molar-refractivity contribution is 5.74. The number of benzene rings is 1. The number of allylic oxidation sites excluding steroid dienone is 2. The molecule has 3 heteroatoms. The number of carbonyl (C=O) groups is 1. The second-order valence-electron chi connectivity index (χ2n) is 4.53. The van der Waals surface area contributed by atoms with Crippen molar-refractivity contribution in [2.75, 3.05) is 4.90 Å². The minimum absolute atomic E-state index is 0.251. The van der Waals surface area contributed by atoms with Gasteiger partial charge in [-0.1, -0.05) is 30.4 Å². The minimum atomic E-state index is -0.251. The molecule has 20 heavy (non-hydrogen) atoms. The van der Waals surface area contributed by atoms with Crippen molar-refractivity contribution >= 4 is 12.0 Å². The van der Waals surface area contributed by atoms with Gasteiger partial charge in [-0.25, -0.2) is 0 Å². The Morgan fingerprint density at radius 1 is 1.10 bits per heavy atom. The molecule has 0 bridgehead atoms. The van der Waals surface area contributed by atoms with Gasteiger partial charge in [0.25, 0.3) is 0 Å². The van der Waals surface area contributed by atoms with E-state index in [1.54, 1.807) is 6.20 Å². The van der Waals surface area contributed by atoms with Crippen LogP contribution in [0.15, 0.2) is 73.1 Å². The Morgan fingerprint density at radius 3 is 2.85 bits per heavy atom. The van der Waals surface area contributed by atoms with Crippen molar-refractivity contribution in [1.29, 1.82) is 0 Å². The first kappa shape index (κ1) is 12.4. The first-order chi connectivity index (χ1) is 9.88. The van der Waals surface area contributed by atoms with Crippen LogP contribution in [0.5, 0.6) is 0 Å². The first-order valence-electron chi connectivity index (χ1n) is 6.48. The second-order valence-corrected chi connectivity index (χ2v) is 4.53. The quantitative estimate of drug-likeness (QED) is 0.796. The van der Waals surface area contributed by atoms with Crippen LogP contribution in [0.4, 0.5) is 5.69 Å². The molecule has 0 N–H and O–H groups in total. The van der Waals surface area contributed by atoms with Gasteiger partial charge >= 0.3 is 0 Å². The summed E-state index contributed by atoms with van der Waals surface area (Å²) < 4.78 is 0. The van der Waals surface area contributed by atoms with Gasteiger partial charge in [0.1, 0.15) is 12.3 Å². The Kier molecular flexibility index (Phi) is 3.42. The number of aldehydes is 1. The van der Waals surface area contributed by atoms with Gasteiger partial charge in [-0.15, -0.1) is 0 Å². The zero-order valence-corrected chi connectivity index (χ0v) is 10.9. The third kappa shape index (κ3) is 2.38. The summed E-state index contributed by atoms with van der Waals surface area (Å²) in [6.07, 6.45) is 10.3. The molecule has 1 aliphatic heterocycles. The molecule has 0 amide bonds. The number of carbonyl (C=O) groups excluding carboxylic acids is 1. The van der Waals surface area contributed by atoms with Crippen molar-refractivity contribution in [3.8, 4) is 11.3 Å². The smallest absolute Gasteiger partial charge is 0.146 e. The van der Waals surface area contributed by atoms with Gasteiger partial charge in [-0.3, -0.25) is 4.98 Å². The average molecular weight is 262 g/mol. The Morgan fingerprint density at radius 2 is 2.05 bits per heavy atom. The maximum atomic E-state index is 11.2. The molecule has 1 unspecified atom stereocenters. The first-order valence-corrected chi connectivity index (χ1v) is 6.48. The molecule has 1 aromatic heterocycles. The SMILES string of the molecule is O=CC1C=CC=CN1c1cccc(-c2ccccn2)c1. The zero-order valence-electron chi connectivity index (χ0n) is 10.9.